The second-order valence-electron chi connectivity index (χ2n) is 6.99. The molecule has 0 aliphatic heterocycles. The summed E-state index contributed by atoms with van der Waals surface area (Å²) in [5, 5.41) is 16.2. The lowest BCUT2D eigenvalue weighted by Crippen LogP contribution is -2.12. The maximum atomic E-state index is 12.3. The number of pyridine rings is 1. The van der Waals surface area contributed by atoms with Crippen molar-refractivity contribution >= 4 is 22.4 Å². The Hall–Kier alpha value is -3.46. The van der Waals surface area contributed by atoms with Crippen molar-refractivity contribution in [2.45, 2.75) is 32.6 Å². The molecule has 0 unspecified atom stereocenters. The molecule has 1 amide bonds. The first-order chi connectivity index (χ1) is 14.6. The third kappa shape index (κ3) is 4.74. The summed E-state index contributed by atoms with van der Waals surface area (Å²) in [5.41, 5.74) is 3.01. The highest BCUT2D eigenvalue weighted by molar-refractivity contribution is 7.18. The monoisotopic (exact) mass is 420 g/mol. The second-order valence-corrected chi connectivity index (χ2v) is 7.97. The predicted molar refractivity (Wildman–Crippen MR) is 114 cm³/mol. The van der Waals surface area contributed by atoms with Crippen molar-refractivity contribution < 1.29 is 9.32 Å². The number of anilines is 1. The first-order valence-electron chi connectivity index (χ1n) is 9.55. The van der Waals surface area contributed by atoms with E-state index < -0.39 is 0 Å². The first-order valence-corrected chi connectivity index (χ1v) is 10.4. The van der Waals surface area contributed by atoms with Gasteiger partial charge in [0.05, 0.1) is 0 Å². The van der Waals surface area contributed by atoms with Crippen LogP contribution in [-0.2, 0) is 11.2 Å². The van der Waals surface area contributed by atoms with E-state index in [-0.39, 0.29) is 12.3 Å². The maximum Gasteiger partial charge on any atom is 0.227 e. The van der Waals surface area contributed by atoms with Crippen LogP contribution in [0.3, 0.4) is 0 Å². The Bertz CT molecular complexity index is 1120. The van der Waals surface area contributed by atoms with E-state index in [1.807, 2.05) is 18.2 Å². The standard InChI is InChI=1S/C21H20N6O2S/c1-13(2)14-5-7-15(8-6-14)20-25-26-21(30-20)23-17(28)9-10-18-24-19(27-29-18)16-4-3-11-22-12-16/h3-8,11-13H,9-10H2,1-2H3,(H,23,26,28). The minimum Gasteiger partial charge on any atom is -0.339 e. The third-order valence-corrected chi connectivity index (χ3v) is 5.34. The molecule has 1 aromatic carbocycles. The molecule has 1 N–H and O–H groups in total. The van der Waals surface area contributed by atoms with Crippen molar-refractivity contribution in [3.63, 3.8) is 0 Å². The molecule has 0 aliphatic rings. The van der Waals surface area contributed by atoms with Gasteiger partial charge in [0.25, 0.3) is 0 Å². The summed E-state index contributed by atoms with van der Waals surface area (Å²) in [6.45, 7) is 4.31. The highest BCUT2D eigenvalue weighted by atomic mass is 32.1. The van der Waals surface area contributed by atoms with Gasteiger partial charge in [-0.1, -0.05) is 54.6 Å². The molecule has 8 nitrogen and oxygen atoms in total. The normalized spacial score (nSPS) is 11.0. The fourth-order valence-corrected chi connectivity index (χ4v) is 3.54. The first kappa shape index (κ1) is 19.8. The van der Waals surface area contributed by atoms with Gasteiger partial charge in [-0.25, -0.2) is 0 Å². The quantitative estimate of drug-likeness (QED) is 0.474. The van der Waals surface area contributed by atoms with Gasteiger partial charge < -0.3 is 9.84 Å². The SMILES string of the molecule is CC(C)c1ccc(-c2nnc(NC(=O)CCc3nc(-c4cccnc4)no3)s2)cc1. The van der Waals surface area contributed by atoms with Crippen LogP contribution < -0.4 is 5.32 Å². The Morgan fingerprint density at radius 3 is 2.70 bits per heavy atom. The summed E-state index contributed by atoms with van der Waals surface area (Å²) in [6, 6.07) is 11.9. The van der Waals surface area contributed by atoms with E-state index >= 15 is 0 Å². The molecule has 0 spiro atoms. The zero-order chi connectivity index (χ0) is 20.9. The fraction of sp³-hybridized carbons (Fsp3) is 0.238. The summed E-state index contributed by atoms with van der Waals surface area (Å²) >= 11 is 1.34. The minimum atomic E-state index is -0.186. The second kappa shape index (κ2) is 8.91. The van der Waals surface area contributed by atoms with Crippen LogP contribution in [0.2, 0.25) is 0 Å². The van der Waals surface area contributed by atoms with Crippen LogP contribution in [0.25, 0.3) is 22.0 Å². The van der Waals surface area contributed by atoms with Gasteiger partial charge in [-0.05, 0) is 23.6 Å². The van der Waals surface area contributed by atoms with E-state index in [0.29, 0.717) is 29.2 Å². The van der Waals surface area contributed by atoms with E-state index in [2.05, 4.69) is 56.6 Å². The van der Waals surface area contributed by atoms with Gasteiger partial charge in [-0.3, -0.25) is 9.78 Å². The van der Waals surface area contributed by atoms with Crippen molar-refractivity contribution in [1.82, 2.24) is 25.3 Å². The molecule has 9 heteroatoms. The number of aryl methyl sites for hydroxylation is 1. The van der Waals surface area contributed by atoms with Crippen LogP contribution in [0.1, 0.15) is 37.6 Å². The van der Waals surface area contributed by atoms with Gasteiger partial charge in [0.2, 0.25) is 22.8 Å². The van der Waals surface area contributed by atoms with Gasteiger partial charge >= 0.3 is 0 Å². The summed E-state index contributed by atoms with van der Waals surface area (Å²) in [6.07, 6.45) is 3.87. The van der Waals surface area contributed by atoms with Crippen LogP contribution >= 0.6 is 11.3 Å². The predicted octanol–water partition coefficient (Wildman–Crippen LogP) is 4.34. The Labute approximate surface area is 177 Å². The van der Waals surface area contributed by atoms with Crippen molar-refractivity contribution in [3.8, 4) is 22.0 Å². The third-order valence-electron chi connectivity index (χ3n) is 4.45. The molecule has 152 valence electrons. The van der Waals surface area contributed by atoms with Crippen LogP contribution in [0.4, 0.5) is 5.13 Å². The Kier molecular flexibility index (Phi) is 5.89. The average molecular weight is 420 g/mol. The van der Waals surface area contributed by atoms with Crippen LogP contribution in [0.5, 0.6) is 0 Å². The zero-order valence-corrected chi connectivity index (χ0v) is 17.4. The molecule has 0 atom stereocenters. The summed E-state index contributed by atoms with van der Waals surface area (Å²) in [7, 11) is 0. The van der Waals surface area contributed by atoms with Crippen molar-refractivity contribution in [1.29, 1.82) is 0 Å². The molecular weight excluding hydrogens is 400 g/mol. The van der Waals surface area contributed by atoms with Crippen LogP contribution in [0, 0.1) is 0 Å². The molecule has 30 heavy (non-hydrogen) atoms. The number of amides is 1. The molecule has 3 heterocycles. The van der Waals surface area contributed by atoms with Gasteiger partial charge in [0.15, 0.2) is 0 Å². The largest absolute Gasteiger partial charge is 0.339 e. The number of benzene rings is 1. The number of aromatic nitrogens is 5. The van der Waals surface area contributed by atoms with E-state index in [1.54, 1.807) is 18.5 Å². The lowest BCUT2D eigenvalue weighted by molar-refractivity contribution is -0.116. The van der Waals surface area contributed by atoms with Gasteiger partial charge in [-0.2, -0.15) is 4.98 Å². The summed E-state index contributed by atoms with van der Waals surface area (Å²) in [5.74, 6) is 1.14. The number of nitrogens with zero attached hydrogens (tertiary/aromatic N) is 5. The van der Waals surface area contributed by atoms with Gasteiger partial charge in [-0.15, -0.1) is 10.2 Å². The Morgan fingerprint density at radius 1 is 1.13 bits per heavy atom. The number of hydrogen-bond donors (Lipinski definition) is 1. The molecule has 0 radical (unpaired) electrons. The van der Waals surface area contributed by atoms with E-state index in [1.165, 1.54) is 16.9 Å². The topological polar surface area (TPSA) is 107 Å². The van der Waals surface area contributed by atoms with E-state index in [4.69, 9.17) is 4.52 Å². The zero-order valence-electron chi connectivity index (χ0n) is 16.6. The number of hydrogen-bond acceptors (Lipinski definition) is 8. The number of nitrogens with one attached hydrogen (secondary N) is 1. The molecule has 0 aliphatic carbocycles. The highest BCUT2D eigenvalue weighted by Crippen LogP contribution is 2.27. The summed E-state index contributed by atoms with van der Waals surface area (Å²) in [4.78, 5) is 20.6. The Balaban J connectivity index is 1.32. The molecule has 3 aromatic heterocycles. The fourth-order valence-electron chi connectivity index (χ4n) is 2.77. The summed E-state index contributed by atoms with van der Waals surface area (Å²) < 4.78 is 5.21. The molecule has 0 fully saturated rings. The molecule has 4 aromatic rings. The molecular formula is C21H20N6O2S. The van der Waals surface area contributed by atoms with E-state index in [9.17, 15) is 4.79 Å². The lowest BCUT2D eigenvalue weighted by Gasteiger charge is -2.04. The molecule has 0 saturated carbocycles. The minimum absolute atomic E-state index is 0.186. The number of carbonyl (C=O) groups excluding carboxylic acids is 1. The van der Waals surface area contributed by atoms with Crippen molar-refractivity contribution in [2.24, 2.45) is 0 Å². The number of rotatable bonds is 7. The highest BCUT2D eigenvalue weighted by Gasteiger charge is 2.13. The molecule has 4 rings (SSSR count). The van der Waals surface area contributed by atoms with Gasteiger partial charge in [0.1, 0.15) is 5.01 Å². The van der Waals surface area contributed by atoms with Crippen molar-refractivity contribution in [2.75, 3.05) is 5.32 Å². The number of carbonyl (C=O) groups is 1. The Morgan fingerprint density at radius 2 is 1.97 bits per heavy atom. The van der Waals surface area contributed by atoms with E-state index in [0.717, 1.165) is 16.1 Å². The van der Waals surface area contributed by atoms with Crippen LogP contribution in [-0.4, -0.2) is 31.2 Å². The maximum absolute atomic E-state index is 12.3. The average Bonchev–Trinajstić information content (AvgIpc) is 3.43. The lowest BCUT2D eigenvalue weighted by atomic mass is 10.0. The van der Waals surface area contributed by atoms with Crippen LogP contribution in [0.15, 0.2) is 53.3 Å². The molecule has 0 saturated heterocycles. The smallest absolute Gasteiger partial charge is 0.227 e. The van der Waals surface area contributed by atoms with Gasteiger partial charge in [0, 0.05) is 36.4 Å². The van der Waals surface area contributed by atoms with Crippen molar-refractivity contribution in [3.05, 3.63) is 60.2 Å². The molecule has 0 bridgehead atoms.